The van der Waals surface area contributed by atoms with Gasteiger partial charge in [0.05, 0.1) is 6.04 Å². The number of nitrogens with zero attached hydrogens (tertiary/aromatic N) is 2. The van der Waals surface area contributed by atoms with Crippen LogP contribution in [0.2, 0.25) is 0 Å². The molecule has 0 spiro atoms. The third-order valence-electron chi connectivity index (χ3n) is 3.26. The van der Waals surface area contributed by atoms with Crippen LogP contribution in [-0.4, -0.2) is 12.0 Å². The Bertz CT molecular complexity index is 487. The van der Waals surface area contributed by atoms with Crippen LogP contribution in [0, 0.1) is 6.92 Å². The average molecular weight is 241 g/mol. The number of anilines is 2. The van der Waals surface area contributed by atoms with Gasteiger partial charge >= 0.3 is 0 Å². The van der Waals surface area contributed by atoms with Crippen LogP contribution in [-0.2, 0) is 0 Å². The topological polar surface area (TPSA) is 42.1 Å². The summed E-state index contributed by atoms with van der Waals surface area (Å²) in [6, 6.07) is 12.4. The zero-order valence-electron chi connectivity index (χ0n) is 11.1. The summed E-state index contributed by atoms with van der Waals surface area (Å²) in [4.78, 5) is 6.45. The van der Waals surface area contributed by atoms with Crippen molar-refractivity contribution in [1.29, 1.82) is 0 Å². The van der Waals surface area contributed by atoms with E-state index >= 15 is 0 Å². The van der Waals surface area contributed by atoms with Gasteiger partial charge in [-0.25, -0.2) is 0 Å². The quantitative estimate of drug-likeness (QED) is 0.839. The molecule has 0 aliphatic rings. The second kappa shape index (κ2) is 5.08. The molecule has 1 unspecified atom stereocenters. The van der Waals surface area contributed by atoms with E-state index in [1.54, 1.807) is 0 Å². The minimum absolute atomic E-state index is 0.273. The van der Waals surface area contributed by atoms with Crippen molar-refractivity contribution < 1.29 is 0 Å². The highest BCUT2D eigenvalue weighted by Crippen LogP contribution is 2.26. The first-order chi connectivity index (χ1) is 8.58. The zero-order chi connectivity index (χ0) is 13.1. The first-order valence-electron chi connectivity index (χ1n) is 6.09. The van der Waals surface area contributed by atoms with Gasteiger partial charge in [-0.2, -0.15) is 0 Å². The highest BCUT2D eigenvalue weighted by molar-refractivity contribution is 5.50. The summed E-state index contributed by atoms with van der Waals surface area (Å²) in [5.74, 6) is 0. The summed E-state index contributed by atoms with van der Waals surface area (Å²) in [6.45, 7) is 4.17. The molecule has 0 amide bonds. The van der Waals surface area contributed by atoms with Crippen LogP contribution in [0.15, 0.2) is 42.6 Å². The molecule has 2 aromatic rings. The Morgan fingerprint density at radius 1 is 1.22 bits per heavy atom. The summed E-state index contributed by atoms with van der Waals surface area (Å²) in [7, 11) is 2.09. The molecule has 94 valence electrons. The fraction of sp³-hybridized carbons (Fsp3) is 0.267. The van der Waals surface area contributed by atoms with Crippen molar-refractivity contribution in [3.63, 3.8) is 0 Å². The fourth-order valence-corrected chi connectivity index (χ4v) is 2.02. The molecule has 18 heavy (non-hydrogen) atoms. The maximum absolute atomic E-state index is 5.83. The second-order valence-electron chi connectivity index (χ2n) is 4.61. The van der Waals surface area contributed by atoms with E-state index < -0.39 is 0 Å². The van der Waals surface area contributed by atoms with E-state index in [1.165, 1.54) is 5.56 Å². The maximum Gasteiger partial charge on any atom is 0.0511 e. The standard InChI is InChI=1S/C15H19N3/c1-11-9-15(7-8-17-11)18(3)12(2)13-5-4-6-14(16)10-13/h4-10,12H,16H2,1-3H3. The van der Waals surface area contributed by atoms with Crippen LogP contribution in [0.1, 0.15) is 24.2 Å². The van der Waals surface area contributed by atoms with Gasteiger partial charge < -0.3 is 10.6 Å². The largest absolute Gasteiger partial charge is 0.399 e. The Labute approximate surface area is 108 Å². The molecule has 0 radical (unpaired) electrons. The SMILES string of the molecule is Cc1cc(N(C)C(C)c2cccc(N)c2)ccn1. The molecule has 0 bridgehead atoms. The number of nitrogen functional groups attached to an aromatic ring is 1. The van der Waals surface area contributed by atoms with E-state index in [-0.39, 0.29) is 6.04 Å². The van der Waals surface area contributed by atoms with Crippen molar-refractivity contribution in [1.82, 2.24) is 4.98 Å². The third kappa shape index (κ3) is 2.62. The molecule has 1 heterocycles. The molecular formula is C15H19N3. The van der Waals surface area contributed by atoms with Gasteiger partial charge in [-0.3, -0.25) is 4.98 Å². The van der Waals surface area contributed by atoms with E-state index in [1.807, 2.05) is 37.4 Å². The van der Waals surface area contributed by atoms with Crippen LogP contribution in [0.5, 0.6) is 0 Å². The van der Waals surface area contributed by atoms with Crippen molar-refractivity contribution in [3.8, 4) is 0 Å². The van der Waals surface area contributed by atoms with Gasteiger partial charge in [0, 0.05) is 30.3 Å². The highest BCUT2D eigenvalue weighted by Gasteiger charge is 2.12. The van der Waals surface area contributed by atoms with Crippen LogP contribution in [0.3, 0.4) is 0 Å². The summed E-state index contributed by atoms with van der Waals surface area (Å²) in [5.41, 5.74) is 10.0. The Morgan fingerprint density at radius 2 is 2.00 bits per heavy atom. The zero-order valence-corrected chi connectivity index (χ0v) is 11.1. The van der Waals surface area contributed by atoms with Gasteiger partial charge in [-0.05, 0) is 43.7 Å². The molecule has 0 saturated heterocycles. The summed E-state index contributed by atoms with van der Waals surface area (Å²) in [5, 5.41) is 0. The first kappa shape index (κ1) is 12.4. The number of aryl methyl sites for hydroxylation is 1. The Morgan fingerprint density at radius 3 is 2.67 bits per heavy atom. The van der Waals surface area contributed by atoms with Crippen molar-refractivity contribution in [2.45, 2.75) is 19.9 Å². The van der Waals surface area contributed by atoms with Crippen LogP contribution < -0.4 is 10.6 Å². The fourth-order valence-electron chi connectivity index (χ4n) is 2.02. The smallest absolute Gasteiger partial charge is 0.0511 e. The van der Waals surface area contributed by atoms with Crippen LogP contribution in [0.25, 0.3) is 0 Å². The van der Waals surface area contributed by atoms with Gasteiger partial charge in [0.25, 0.3) is 0 Å². The maximum atomic E-state index is 5.83. The molecule has 0 aliphatic heterocycles. The van der Waals surface area contributed by atoms with E-state index in [2.05, 4.69) is 36.0 Å². The Hall–Kier alpha value is -2.03. The monoisotopic (exact) mass is 241 g/mol. The molecule has 1 aromatic carbocycles. The first-order valence-corrected chi connectivity index (χ1v) is 6.09. The molecule has 3 nitrogen and oxygen atoms in total. The third-order valence-corrected chi connectivity index (χ3v) is 3.26. The van der Waals surface area contributed by atoms with Crippen molar-refractivity contribution in [2.24, 2.45) is 0 Å². The molecule has 2 rings (SSSR count). The van der Waals surface area contributed by atoms with E-state index in [9.17, 15) is 0 Å². The molecule has 0 saturated carbocycles. The number of hydrogen-bond acceptors (Lipinski definition) is 3. The number of pyridine rings is 1. The van der Waals surface area contributed by atoms with Gasteiger partial charge in [-0.1, -0.05) is 12.1 Å². The summed E-state index contributed by atoms with van der Waals surface area (Å²) in [6.07, 6.45) is 1.84. The Balaban J connectivity index is 2.26. The average Bonchev–Trinajstić information content (AvgIpc) is 2.37. The van der Waals surface area contributed by atoms with E-state index in [4.69, 9.17) is 5.73 Å². The van der Waals surface area contributed by atoms with E-state index in [0.29, 0.717) is 0 Å². The van der Waals surface area contributed by atoms with Crippen molar-refractivity contribution in [3.05, 3.63) is 53.9 Å². The van der Waals surface area contributed by atoms with Crippen molar-refractivity contribution >= 4 is 11.4 Å². The lowest BCUT2D eigenvalue weighted by molar-refractivity contribution is 0.739. The lowest BCUT2D eigenvalue weighted by Gasteiger charge is -2.27. The molecule has 1 atom stereocenters. The normalized spacial score (nSPS) is 12.2. The molecule has 3 heteroatoms. The number of rotatable bonds is 3. The van der Waals surface area contributed by atoms with Gasteiger partial charge in [0.15, 0.2) is 0 Å². The molecule has 2 N–H and O–H groups in total. The number of hydrogen-bond donors (Lipinski definition) is 1. The predicted molar refractivity (Wildman–Crippen MR) is 76.6 cm³/mol. The van der Waals surface area contributed by atoms with E-state index in [0.717, 1.165) is 17.1 Å². The molecule has 1 aromatic heterocycles. The minimum Gasteiger partial charge on any atom is -0.399 e. The van der Waals surface area contributed by atoms with Gasteiger partial charge in [0.1, 0.15) is 0 Å². The summed E-state index contributed by atoms with van der Waals surface area (Å²) < 4.78 is 0. The predicted octanol–water partition coefficient (Wildman–Crippen LogP) is 3.17. The number of benzene rings is 1. The summed E-state index contributed by atoms with van der Waals surface area (Å²) >= 11 is 0. The van der Waals surface area contributed by atoms with Crippen LogP contribution >= 0.6 is 0 Å². The molecular weight excluding hydrogens is 222 g/mol. The Kier molecular flexibility index (Phi) is 3.51. The second-order valence-corrected chi connectivity index (χ2v) is 4.61. The van der Waals surface area contributed by atoms with Crippen LogP contribution in [0.4, 0.5) is 11.4 Å². The molecule has 0 fully saturated rings. The lowest BCUT2D eigenvalue weighted by atomic mass is 10.1. The lowest BCUT2D eigenvalue weighted by Crippen LogP contribution is -2.21. The number of aromatic nitrogens is 1. The van der Waals surface area contributed by atoms with Gasteiger partial charge in [-0.15, -0.1) is 0 Å². The number of nitrogens with two attached hydrogens (primary N) is 1. The minimum atomic E-state index is 0.273. The molecule has 0 aliphatic carbocycles. The van der Waals surface area contributed by atoms with Gasteiger partial charge in [0.2, 0.25) is 0 Å². The highest BCUT2D eigenvalue weighted by atomic mass is 15.1. The van der Waals surface area contributed by atoms with Crippen molar-refractivity contribution in [2.75, 3.05) is 17.7 Å².